The van der Waals surface area contributed by atoms with E-state index in [0.29, 0.717) is 0 Å². The predicted molar refractivity (Wildman–Crippen MR) is 53.4 cm³/mol. The maximum Gasteiger partial charge on any atom is 0.397 e. The highest BCUT2D eigenvalue weighted by atomic mass is 32.3. The van der Waals surface area contributed by atoms with Crippen LogP contribution in [0, 0.1) is 0 Å². The number of allylic oxidation sites excluding steroid dienone is 1. The van der Waals surface area contributed by atoms with E-state index in [1.807, 2.05) is 25.5 Å². The van der Waals surface area contributed by atoms with Crippen LogP contribution in [0.5, 0.6) is 0 Å². The Labute approximate surface area is 83.8 Å². The van der Waals surface area contributed by atoms with E-state index >= 15 is 0 Å². The van der Waals surface area contributed by atoms with Crippen LogP contribution in [0.15, 0.2) is 17.3 Å². The summed E-state index contributed by atoms with van der Waals surface area (Å²) in [5.41, 5.74) is 0. The Hall–Kier alpha value is -0.920. The number of aliphatic imine (C=N–C) groups is 1. The third-order valence-electron chi connectivity index (χ3n) is 1.27. The van der Waals surface area contributed by atoms with Crippen LogP contribution in [0.25, 0.3) is 0 Å². The van der Waals surface area contributed by atoms with Gasteiger partial charge in [-0.3, -0.25) is 13.7 Å². The van der Waals surface area contributed by atoms with E-state index in [4.69, 9.17) is 4.55 Å². The number of rotatable bonds is 2. The summed E-state index contributed by atoms with van der Waals surface area (Å²) in [6, 6.07) is 0. The van der Waals surface area contributed by atoms with Gasteiger partial charge in [0.15, 0.2) is 0 Å². The van der Waals surface area contributed by atoms with Crippen LogP contribution in [0.2, 0.25) is 0 Å². The molecular formula is C7H14N2O4S. The molecule has 0 saturated heterocycles. The molecule has 0 unspecified atom stereocenters. The van der Waals surface area contributed by atoms with Crippen molar-refractivity contribution in [3.63, 3.8) is 0 Å². The summed E-state index contributed by atoms with van der Waals surface area (Å²) in [4.78, 5) is 6.10. The first-order chi connectivity index (χ1) is 6.49. The highest BCUT2D eigenvalue weighted by Gasteiger charge is 1.97. The Kier molecular flexibility index (Phi) is 6.09. The maximum atomic E-state index is 9.33. The molecule has 1 aliphatic heterocycles. The zero-order valence-electron chi connectivity index (χ0n) is 8.12. The average molecular weight is 222 g/mol. The van der Waals surface area contributed by atoms with Gasteiger partial charge in [-0.1, -0.05) is 6.08 Å². The lowest BCUT2D eigenvalue weighted by molar-refractivity contribution is 0.324. The monoisotopic (exact) mass is 222 g/mol. The predicted octanol–water partition coefficient (Wildman–Crippen LogP) is 0.300. The highest BCUT2D eigenvalue weighted by Crippen LogP contribution is 1.92. The molecule has 0 aromatic rings. The minimum absolute atomic E-state index is 0.870. The molecule has 0 bridgehead atoms. The van der Waals surface area contributed by atoms with E-state index in [1.165, 1.54) is 0 Å². The first-order valence-electron chi connectivity index (χ1n) is 3.91. The lowest BCUT2D eigenvalue weighted by Crippen LogP contribution is -2.10. The minimum atomic E-state index is -4.16. The van der Waals surface area contributed by atoms with Gasteiger partial charge in [0.2, 0.25) is 0 Å². The molecule has 14 heavy (non-hydrogen) atoms. The molecule has 0 saturated carbocycles. The van der Waals surface area contributed by atoms with Crippen molar-refractivity contribution in [1.82, 2.24) is 4.90 Å². The van der Waals surface area contributed by atoms with Crippen LogP contribution in [-0.2, 0) is 14.6 Å². The highest BCUT2D eigenvalue weighted by molar-refractivity contribution is 7.80. The fourth-order valence-electron chi connectivity index (χ4n) is 0.698. The standard InChI is InChI=1S/C6H10N2.CH4O4S/c1-2-4-8-5-3-7-6-8;1-5-6(2,3)4/h2,4,6H,3,5H2,1H3;1H3,(H,2,3,4). The molecule has 0 aliphatic carbocycles. The molecule has 0 spiro atoms. The summed E-state index contributed by atoms with van der Waals surface area (Å²) in [7, 11) is -3.29. The number of hydrogen-bond acceptors (Lipinski definition) is 5. The Morgan fingerprint density at radius 2 is 2.21 bits per heavy atom. The second kappa shape index (κ2) is 6.52. The topological polar surface area (TPSA) is 79.2 Å². The fraction of sp³-hybridized carbons (Fsp3) is 0.571. The Bertz CT molecular complexity index is 297. The van der Waals surface area contributed by atoms with Crippen LogP contribution < -0.4 is 0 Å². The van der Waals surface area contributed by atoms with E-state index in [1.54, 1.807) is 0 Å². The van der Waals surface area contributed by atoms with Crippen LogP contribution >= 0.6 is 0 Å². The third kappa shape index (κ3) is 7.71. The minimum Gasteiger partial charge on any atom is -0.338 e. The molecule has 0 aromatic carbocycles. The van der Waals surface area contributed by atoms with Crippen molar-refractivity contribution >= 4 is 16.7 Å². The second-order valence-electron chi connectivity index (χ2n) is 2.34. The van der Waals surface area contributed by atoms with Gasteiger partial charge < -0.3 is 4.90 Å². The first-order valence-corrected chi connectivity index (χ1v) is 5.27. The lowest BCUT2D eigenvalue weighted by atomic mass is 10.6. The Morgan fingerprint density at radius 3 is 2.50 bits per heavy atom. The quantitative estimate of drug-likeness (QED) is 0.680. The number of hydrogen-bond donors (Lipinski definition) is 1. The molecule has 0 aromatic heterocycles. The smallest absolute Gasteiger partial charge is 0.338 e. The van der Waals surface area contributed by atoms with Crippen molar-refractivity contribution in [1.29, 1.82) is 0 Å². The lowest BCUT2D eigenvalue weighted by Gasteiger charge is -2.03. The molecule has 7 heteroatoms. The molecule has 1 heterocycles. The summed E-state index contributed by atoms with van der Waals surface area (Å²) in [6.45, 7) is 4.00. The molecule has 1 rings (SSSR count). The van der Waals surface area contributed by atoms with Crippen molar-refractivity contribution in [3.05, 3.63) is 12.3 Å². The van der Waals surface area contributed by atoms with Crippen molar-refractivity contribution in [2.45, 2.75) is 6.92 Å². The molecule has 82 valence electrons. The van der Waals surface area contributed by atoms with Gasteiger partial charge in [-0.05, 0) is 6.92 Å². The van der Waals surface area contributed by atoms with Crippen molar-refractivity contribution in [2.75, 3.05) is 20.2 Å². The average Bonchev–Trinajstić information content (AvgIpc) is 2.58. The van der Waals surface area contributed by atoms with E-state index < -0.39 is 10.4 Å². The first kappa shape index (κ1) is 13.1. The summed E-state index contributed by atoms with van der Waals surface area (Å²) >= 11 is 0. The van der Waals surface area contributed by atoms with Crippen molar-refractivity contribution < 1.29 is 17.2 Å². The number of nitrogens with zero attached hydrogens (tertiary/aromatic N) is 2. The molecule has 1 N–H and O–H groups in total. The Balaban J connectivity index is 0.000000255. The normalized spacial score (nSPS) is 15.8. The van der Waals surface area contributed by atoms with Gasteiger partial charge >= 0.3 is 10.4 Å². The van der Waals surface area contributed by atoms with Gasteiger partial charge in [-0.15, -0.1) is 0 Å². The third-order valence-corrected chi connectivity index (χ3v) is 1.69. The van der Waals surface area contributed by atoms with Crippen molar-refractivity contribution in [3.8, 4) is 0 Å². The van der Waals surface area contributed by atoms with Crippen LogP contribution in [0.4, 0.5) is 0 Å². The zero-order valence-corrected chi connectivity index (χ0v) is 8.94. The summed E-state index contributed by atoms with van der Waals surface area (Å²) in [6.07, 6.45) is 5.90. The van der Waals surface area contributed by atoms with Crippen LogP contribution in [-0.4, -0.2) is 44.4 Å². The molecule has 0 fully saturated rings. The molecule has 0 amide bonds. The van der Waals surface area contributed by atoms with Gasteiger partial charge in [0.25, 0.3) is 0 Å². The van der Waals surface area contributed by atoms with Gasteiger partial charge in [0, 0.05) is 12.7 Å². The zero-order chi connectivity index (χ0) is 11.0. The summed E-state index contributed by atoms with van der Waals surface area (Å²) < 4.78 is 29.7. The largest absolute Gasteiger partial charge is 0.397 e. The van der Waals surface area contributed by atoms with Gasteiger partial charge in [-0.2, -0.15) is 8.42 Å². The Morgan fingerprint density at radius 1 is 1.64 bits per heavy atom. The van der Waals surface area contributed by atoms with Gasteiger partial charge in [0.1, 0.15) is 0 Å². The van der Waals surface area contributed by atoms with E-state index in [9.17, 15) is 8.42 Å². The van der Waals surface area contributed by atoms with Gasteiger partial charge in [-0.25, -0.2) is 0 Å². The fourth-order valence-corrected chi connectivity index (χ4v) is 0.698. The SMILES string of the molecule is CC=CN1C=NCC1.COS(=O)(=O)O. The van der Waals surface area contributed by atoms with E-state index in [-0.39, 0.29) is 0 Å². The molecule has 6 nitrogen and oxygen atoms in total. The maximum absolute atomic E-state index is 9.33. The van der Waals surface area contributed by atoms with Crippen LogP contribution in [0.1, 0.15) is 6.92 Å². The molecule has 0 atom stereocenters. The molecule has 1 aliphatic rings. The molecular weight excluding hydrogens is 208 g/mol. The van der Waals surface area contributed by atoms with Crippen molar-refractivity contribution in [2.24, 2.45) is 4.99 Å². The second-order valence-corrected chi connectivity index (χ2v) is 3.53. The van der Waals surface area contributed by atoms with E-state index in [0.717, 1.165) is 20.2 Å². The summed E-state index contributed by atoms with van der Waals surface area (Å²) in [5, 5.41) is 0. The van der Waals surface area contributed by atoms with E-state index in [2.05, 4.69) is 14.1 Å². The van der Waals surface area contributed by atoms with Crippen LogP contribution in [0.3, 0.4) is 0 Å². The molecule has 0 radical (unpaired) electrons. The summed E-state index contributed by atoms with van der Waals surface area (Å²) in [5.74, 6) is 0. The van der Waals surface area contributed by atoms with Gasteiger partial charge in [0.05, 0.1) is 20.0 Å².